The molecule has 2 aliphatic carbocycles. The number of aliphatic hydroxyl groups is 3. The second-order valence-electron chi connectivity index (χ2n) is 10.3. The zero-order valence-electron chi connectivity index (χ0n) is 19.7. The number of nitrogens with one attached hydrogen (secondary N) is 1. The van der Waals surface area contributed by atoms with Crippen LogP contribution < -0.4 is 5.32 Å². The first kappa shape index (κ1) is 26.9. The smallest absolute Gasteiger partial charge is 0.255 e. The molecule has 2 aromatic carbocycles. The van der Waals surface area contributed by atoms with Crippen molar-refractivity contribution in [1.82, 2.24) is 0 Å². The summed E-state index contributed by atoms with van der Waals surface area (Å²) in [7, 11) is -4.05. The van der Waals surface area contributed by atoms with E-state index in [1.165, 1.54) is 32.0 Å². The molecule has 1 amide bonds. The lowest BCUT2D eigenvalue weighted by atomic mass is 9.68. The minimum absolute atomic E-state index is 0.00763. The van der Waals surface area contributed by atoms with Crippen molar-refractivity contribution in [3.8, 4) is 0 Å². The Hall–Kier alpha value is -2.11. The van der Waals surface area contributed by atoms with Crippen molar-refractivity contribution in [2.75, 3.05) is 5.32 Å². The second kappa shape index (κ2) is 9.33. The lowest BCUT2D eigenvalue weighted by Gasteiger charge is -2.48. The Morgan fingerprint density at radius 3 is 2.28 bits per heavy atom. The first-order valence-corrected chi connectivity index (χ1v) is 13.5. The number of sulfone groups is 1. The van der Waals surface area contributed by atoms with E-state index < -0.39 is 61.8 Å². The molecule has 0 heterocycles. The van der Waals surface area contributed by atoms with E-state index in [1.54, 1.807) is 0 Å². The van der Waals surface area contributed by atoms with Gasteiger partial charge in [-0.25, -0.2) is 17.2 Å². The third kappa shape index (κ3) is 4.65. The average molecular weight is 544 g/mol. The molecule has 2 bridgehead atoms. The topological polar surface area (TPSA) is 124 Å². The van der Waals surface area contributed by atoms with E-state index in [0.29, 0.717) is 12.8 Å². The molecule has 36 heavy (non-hydrogen) atoms. The van der Waals surface area contributed by atoms with E-state index in [-0.39, 0.29) is 34.0 Å². The Morgan fingerprint density at radius 1 is 1.11 bits per heavy atom. The quantitative estimate of drug-likeness (QED) is 0.440. The number of fused-ring (bicyclic) bond motifs is 2. The number of carbonyl (C=O) groups is 1. The van der Waals surface area contributed by atoms with Crippen LogP contribution in [0.2, 0.25) is 5.02 Å². The van der Waals surface area contributed by atoms with Gasteiger partial charge in [0.25, 0.3) is 5.91 Å². The van der Waals surface area contributed by atoms with Gasteiger partial charge in [0.15, 0.2) is 21.5 Å². The average Bonchev–Trinajstić information content (AvgIpc) is 2.97. The van der Waals surface area contributed by atoms with Crippen molar-refractivity contribution < 1.29 is 37.3 Å². The molecule has 196 valence electrons. The minimum atomic E-state index is -4.05. The number of carbonyl (C=O) groups excluding carboxylic acids is 1. The number of amides is 1. The van der Waals surface area contributed by atoms with E-state index in [9.17, 15) is 37.3 Å². The molecule has 2 aliphatic rings. The monoisotopic (exact) mass is 543 g/mol. The highest BCUT2D eigenvalue weighted by Gasteiger charge is 2.61. The van der Waals surface area contributed by atoms with Gasteiger partial charge in [0.2, 0.25) is 0 Å². The molecule has 0 spiro atoms. The van der Waals surface area contributed by atoms with Crippen molar-refractivity contribution in [3.05, 3.63) is 58.6 Å². The maximum absolute atomic E-state index is 13.6. The minimum Gasteiger partial charge on any atom is -0.388 e. The number of anilines is 1. The molecule has 0 aromatic heterocycles. The van der Waals surface area contributed by atoms with E-state index in [4.69, 9.17) is 11.6 Å². The van der Waals surface area contributed by atoms with Crippen molar-refractivity contribution in [1.29, 1.82) is 0 Å². The van der Waals surface area contributed by atoms with Crippen LogP contribution in [-0.2, 0) is 9.84 Å². The van der Waals surface area contributed by atoms with Crippen LogP contribution in [-0.4, -0.2) is 52.2 Å². The third-order valence-corrected chi connectivity index (χ3v) is 10.1. The van der Waals surface area contributed by atoms with Crippen LogP contribution >= 0.6 is 11.6 Å². The lowest BCUT2D eigenvalue weighted by molar-refractivity contribution is -0.200. The van der Waals surface area contributed by atoms with Crippen LogP contribution in [0.1, 0.15) is 49.9 Å². The Bertz CT molecular complexity index is 1280. The number of rotatable bonds is 6. The Labute approximate surface area is 213 Å². The largest absolute Gasteiger partial charge is 0.388 e. The number of hydrogen-bond acceptors (Lipinski definition) is 6. The van der Waals surface area contributed by atoms with Gasteiger partial charge in [-0.05, 0) is 81.7 Å². The highest BCUT2D eigenvalue weighted by Crippen LogP contribution is 2.54. The predicted molar refractivity (Wildman–Crippen MR) is 129 cm³/mol. The van der Waals surface area contributed by atoms with Gasteiger partial charge in [0, 0.05) is 17.3 Å². The Balaban J connectivity index is 1.59. The van der Waals surface area contributed by atoms with Crippen LogP contribution in [0.3, 0.4) is 0 Å². The molecule has 2 saturated carbocycles. The molecule has 4 rings (SSSR count). The molecule has 0 saturated heterocycles. The summed E-state index contributed by atoms with van der Waals surface area (Å²) in [5.74, 6) is -4.04. The molecule has 2 aromatic rings. The van der Waals surface area contributed by atoms with Gasteiger partial charge in [-0.2, -0.15) is 0 Å². The summed E-state index contributed by atoms with van der Waals surface area (Å²) in [6, 6.07) is 6.57. The zero-order chi connectivity index (χ0) is 26.6. The summed E-state index contributed by atoms with van der Waals surface area (Å²) in [4.78, 5) is 12.4. The molecule has 0 aliphatic heterocycles. The molecule has 2 fully saturated rings. The van der Waals surface area contributed by atoms with Gasteiger partial charge in [0.05, 0.1) is 26.4 Å². The molecule has 0 radical (unpaired) electrons. The van der Waals surface area contributed by atoms with E-state index in [0.717, 1.165) is 18.2 Å². The summed E-state index contributed by atoms with van der Waals surface area (Å²) >= 11 is 6.23. The number of halogens is 3. The van der Waals surface area contributed by atoms with Crippen LogP contribution in [0.4, 0.5) is 14.5 Å². The summed E-state index contributed by atoms with van der Waals surface area (Å²) in [5, 5.41) is 33.7. The van der Waals surface area contributed by atoms with E-state index >= 15 is 0 Å². The van der Waals surface area contributed by atoms with E-state index in [2.05, 4.69) is 5.32 Å². The van der Waals surface area contributed by atoms with Crippen LogP contribution in [0, 0.1) is 23.5 Å². The number of hydrogen-bond donors (Lipinski definition) is 4. The normalized spacial score (nSPS) is 27.1. The van der Waals surface area contributed by atoms with Gasteiger partial charge >= 0.3 is 0 Å². The summed E-state index contributed by atoms with van der Waals surface area (Å²) < 4.78 is 53.9. The summed E-state index contributed by atoms with van der Waals surface area (Å²) in [5.41, 5.74) is -3.23. The standard InChI is InChI=1S/C25H28ClF2NO6S/c1-24(2,32)23(31)25(33)14-4-5-15(25)11-17(10-14)36(34,35)21-9-13(3-7-18(21)26)22(30)29-16-6-8-19(27)20(28)12-16/h3,6-9,12,14-15,17,23,31-33H,4-5,10-11H2,1-2H3,(H,29,30)/t14-,15?,17?,23+,25?/m0/s1. The summed E-state index contributed by atoms with van der Waals surface area (Å²) in [6.07, 6.45) is -0.318. The third-order valence-electron chi connectivity index (χ3n) is 7.49. The van der Waals surface area contributed by atoms with Crippen LogP contribution in [0.15, 0.2) is 41.3 Å². The molecule has 11 heteroatoms. The van der Waals surface area contributed by atoms with Crippen LogP contribution in [0.5, 0.6) is 0 Å². The number of benzene rings is 2. The fourth-order valence-electron chi connectivity index (χ4n) is 5.63. The Morgan fingerprint density at radius 2 is 1.72 bits per heavy atom. The lowest BCUT2D eigenvalue weighted by Crippen LogP contribution is -2.62. The number of aliphatic hydroxyl groups excluding tert-OH is 1. The maximum atomic E-state index is 13.6. The predicted octanol–water partition coefficient (Wildman–Crippen LogP) is 3.70. The molecule has 7 nitrogen and oxygen atoms in total. The van der Waals surface area contributed by atoms with Crippen molar-refractivity contribution in [2.24, 2.45) is 11.8 Å². The van der Waals surface area contributed by atoms with Gasteiger partial charge in [-0.15, -0.1) is 0 Å². The van der Waals surface area contributed by atoms with Gasteiger partial charge in [-0.3, -0.25) is 4.79 Å². The van der Waals surface area contributed by atoms with Crippen molar-refractivity contribution >= 4 is 33.0 Å². The van der Waals surface area contributed by atoms with E-state index in [1.807, 2.05) is 0 Å². The SMILES string of the molecule is CC(C)(O)[C@@H](O)C1(O)C2CC[C@H]1CC(S(=O)(=O)c1cc(C(=O)Nc3ccc(F)c(F)c3)ccc1Cl)C2. The zero-order valence-corrected chi connectivity index (χ0v) is 21.3. The molecule has 3 unspecified atom stereocenters. The van der Waals surface area contributed by atoms with Gasteiger partial charge in [0.1, 0.15) is 6.10 Å². The fraction of sp³-hybridized carbons (Fsp3) is 0.480. The highest BCUT2D eigenvalue weighted by atomic mass is 35.5. The van der Waals surface area contributed by atoms with Gasteiger partial charge in [-0.1, -0.05) is 11.6 Å². The second-order valence-corrected chi connectivity index (χ2v) is 12.9. The fourth-order valence-corrected chi connectivity index (χ4v) is 8.03. The van der Waals surface area contributed by atoms with Crippen LogP contribution in [0.25, 0.3) is 0 Å². The first-order chi connectivity index (χ1) is 16.7. The van der Waals surface area contributed by atoms with Gasteiger partial charge < -0.3 is 20.6 Å². The molecule has 5 atom stereocenters. The first-order valence-electron chi connectivity index (χ1n) is 11.6. The highest BCUT2D eigenvalue weighted by molar-refractivity contribution is 7.92. The Kier molecular flexibility index (Phi) is 6.98. The maximum Gasteiger partial charge on any atom is 0.255 e. The molecular formula is C25H28ClF2NO6S. The van der Waals surface area contributed by atoms with Crippen molar-refractivity contribution in [2.45, 2.75) is 67.0 Å². The van der Waals surface area contributed by atoms with Crippen molar-refractivity contribution in [3.63, 3.8) is 0 Å². The summed E-state index contributed by atoms with van der Waals surface area (Å²) in [6.45, 7) is 2.79. The molecule has 4 N–H and O–H groups in total. The molecular weight excluding hydrogens is 516 g/mol.